The number of carbonyl (C=O) groups excluding carboxylic acids is 3. The molecule has 0 radical (unpaired) electrons. The van der Waals surface area contributed by atoms with Gasteiger partial charge >= 0.3 is 0 Å². The predicted molar refractivity (Wildman–Crippen MR) is 177 cm³/mol. The molecule has 3 heterocycles. The second kappa shape index (κ2) is 14.0. The van der Waals surface area contributed by atoms with Gasteiger partial charge in [0.05, 0.1) is 6.42 Å². The Morgan fingerprint density at radius 2 is 1.46 bits per heavy atom. The van der Waals surface area contributed by atoms with Crippen LogP contribution in [0.15, 0.2) is 116 Å². The normalized spacial score (nSPS) is 13.4. The maximum atomic E-state index is 14.1. The summed E-state index contributed by atoms with van der Waals surface area (Å²) in [5.74, 6) is -1.12. The van der Waals surface area contributed by atoms with Gasteiger partial charge in [-0.2, -0.15) is 5.10 Å². The van der Waals surface area contributed by atoms with Gasteiger partial charge in [-0.15, -0.1) is 0 Å². The van der Waals surface area contributed by atoms with Crippen LogP contribution in [0.4, 0.5) is 5.69 Å². The molecule has 9 heteroatoms. The summed E-state index contributed by atoms with van der Waals surface area (Å²) in [6.07, 6.45) is 7.40. The molecule has 1 fully saturated rings. The van der Waals surface area contributed by atoms with Crippen molar-refractivity contribution in [2.45, 2.75) is 31.2 Å². The lowest BCUT2D eigenvalue weighted by Crippen LogP contribution is -2.48. The third-order valence-corrected chi connectivity index (χ3v) is 8.44. The molecule has 0 aliphatic carbocycles. The van der Waals surface area contributed by atoms with Crippen LogP contribution in [0.3, 0.4) is 0 Å². The van der Waals surface area contributed by atoms with Gasteiger partial charge < -0.3 is 15.5 Å². The first-order valence-electron chi connectivity index (χ1n) is 15.5. The summed E-state index contributed by atoms with van der Waals surface area (Å²) in [6, 6.07) is 29.5. The van der Waals surface area contributed by atoms with E-state index in [0.29, 0.717) is 17.8 Å². The molecule has 5 aromatic rings. The van der Waals surface area contributed by atoms with Crippen LogP contribution in [-0.2, 0) is 23.1 Å². The highest BCUT2D eigenvalue weighted by atomic mass is 16.2. The minimum atomic E-state index is -0.949. The molecule has 0 spiro atoms. The van der Waals surface area contributed by atoms with Gasteiger partial charge in [0.1, 0.15) is 11.7 Å². The van der Waals surface area contributed by atoms with Gasteiger partial charge in [0.2, 0.25) is 11.8 Å². The zero-order valence-corrected chi connectivity index (χ0v) is 25.7. The van der Waals surface area contributed by atoms with Crippen molar-refractivity contribution in [3.05, 3.63) is 138 Å². The number of aromatic nitrogens is 3. The van der Waals surface area contributed by atoms with Gasteiger partial charge in [-0.3, -0.25) is 24.0 Å². The average molecular weight is 613 g/mol. The van der Waals surface area contributed by atoms with E-state index in [2.05, 4.69) is 20.7 Å². The quantitative estimate of drug-likeness (QED) is 0.225. The van der Waals surface area contributed by atoms with Crippen molar-refractivity contribution in [1.82, 2.24) is 25.0 Å². The van der Waals surface area contributed by atoms with Gasteiger partial charge in [-0.25, -0.2) is 0 Å². The Labute approximate surface area is 268 Å². The third-order valence-electron chi connectivity index (χ3n) is 8.44. The second-order valence-corrected chi connectivity index (χ2v) is 11.5. The number of hydrogen-bond acceptors (Lipinski definition) is 5. The standard InChI is InChI=1S/C37H36N6O3/c1-42-32(19-21-39-42)36(45)41-35(34(27-10-4-2-5-11-27)28-12-6-3-7-13-28)37(46)40-30-16-14-26(15-17-30)31-18-20-38-25-29(31)24-33(44)43-22-8-9-23-43/h2-7,10-21,25,34-35H,8-9,22-24H2,1H3,(H,40,46)(H,41,45)/t35-/m0/s1. The Hall–Kier alpha value is -5.57. The molecule has 2 aromatic heterocycles. The Bertz CT molecular complexity index is 1760. The number of hydrogen-bond donors (Lipinski definition) is 2. The van der Waals surface area contributed by atoms with Gasteiger partial charge in [-0.1, -0.05) is 72.8 Å². The first-order chi connectivity index (χ1) is 22.5. The fraction of sp³-hybridized carbons (Fsp3) is 0.216. The van der Waals surface area contributed by atoms with Crippen LogP contribution in [0.1, 0.15) is 45.9 Å². The molecule has 1 atom stereocenters. The summed E-state index contributed by atoms with van der Waals surface area (Å²) in [7, 11) is 1.69. The summed E-state index contributed by atoms with van der Waals surface area (Å²) >= 11 is 0. The van der Waals surface area contributed by atoms with Crippen LogP contribution in [0.2, 0.25) is 0 Å². The number of likely N-dealkylation sites (tertiary alicyclic amines) is 1. The maximum absolute atomic E-state index is 14.1. The lowest BCUT2D eigenvalue weighted by molar-refractivity contribution is -0.129. The molecular formula is C37H36N6O3. The number of anilines is 1. The van der Waals surface area contributed by atoms with Crippen LogP contribution >= 0.6 is 0 Å². The van der Waals surface area contributed by atoms with Crippen molar-refractivity contribution >= 4 is 23.4 Å². The van der Waals surface area contributed by atoms with Gasteiger partial charge in [0.15, 0.2) is 0 Å². The fourth-order valence-corrected chi connectivity index (χ4v) is 6.05. The summed E-state index contributed by atoms with van der Waals surface area (Å²) in [4.78, 5) is 46.7. The second-order valence-electron chi connectivity index (χ2n) is 11.5. The molecule has 1 saturated heterocycles. The Morgan fingerprint density at radius 1 is 0.804 bits per heavy atom. The zero-order valence-electron chi connectivity index (χ0n) is 25.7. The van der Waals surface area contributed by atoms with Crippen LogP contribution in [0.5, 0.6) is 0 Å². The highest BCUT2D eigenvalue weighted by Gasteiger charge is 2.33. The molecule has 232 valence electrons. The van der Waals surface area contributed by atoms with E-state index in [0.717, 1.165) is 53.7 Å². The molecule has 2 N–H and O–H groups in total. The number of rotatable bonds is 10. The van der Waals surface area contributed by atoms with E-state index >= 15 is 0 Å². The monoisotopic (exact) mass is 612 g/mol. The van der Waals surface area contributed by atoms with Crippen LogP contribution < -0.4 is 10.6 Å². The SMILES string of the molecule is Cn1nccc1C(=O)N[C@H](C(=O)Nc1ccc(-c2ccncc2CC(=O)N2CCCC2)cc1)C(c1ccccc1)c1ccccc1. The van der Waals surface area contributed by atoms with E-state index in [-0.39, 0.29) is 11.8 Å². The Balaban J connectivity index is 1.27. The number of nitrogens with one attached hydrogen (secondary N) is 2. The van der Waals surface area contributed by atoms with Gasteiger partial charge in [0.25, 0.3) is 5.91 Å². The van der Waals surface area contributed by atoms with Crippen molar-refractivity contribution in [3.8, 4) is 11.1 Å². The molecule has 1 aliphatic rings. The molecule has 6 rings (SSSR count). The van der Waals surface area contributed by atoms with Crippen molar-refractivity contribution in [1.29, 1.82) is 0 Å². The molecule has 0 unspecified atom stereocenters. The first kappa shape index (κ1) is 30.5. The number of aryl methyl sites for hydroxylation is 1. The van der Waals surface area contributed by atoms with Crippen molar-refractivity contribution in [2.24, 2.45) is 7.05 Å². The van der Waals surface area contributed by atoms with Gasteiger partial charge in [0, 0.05) is 50.3 Å². The number of carbonyl (C=O) groups is 3. The molecule has 3 amide bonds. The highest BCUT2D eigenvalue weighted by Crippen LogP contribution is 2.30. The average Bonchev–Trinajstić information content (AvgIpc) is 3.79. The number of nitrogens with zero attached hydrogens (tertiary/aromatic N) is 4. The van der Waals surface area contributed by atoms with E-state index in [9.17, 15) is 14.4 Å². The van der Waals surface area contributed by atoms with Crippen molar-refractivity contribution in [2.75, 3.05) is 18.4 Å². The Kier molecular flexibility index (Phi) is 9.29. The predicted octanol–water partition coefficient (Wildman–Crippen LogP) is 5.22. The Morgan fingerprint density at radius 3 is 2.07 bits per heavy atom. The van der Waals surface area contributed by atoms with E-state index in [1.807, 2.05) is 95.9 Å². The highest BCUT2D eigenvalue weighted by molar-refractivity contribution is 6.01. The number of amides is 3. The first-order valence-corrected chi connectivity index (χ1v) is 15.5. The van der Waals surface area contributed by atoms with E-state index < -0.39 is 17.9 Å². The van der Waals surface area contributed by atoms with E-state index in [4.69, 9.17) is 0 Å². The van der Waals surface area contributed by atoms with E-state index in [1.165, 1.54) is 4.68 Å². The third kappa shape index (κ3) is 6.89. The smallest absolute Gasteiger partial charge is 0.270 e. The van der Waals surface area contributed by atoms with Gasteiger partial charge in [-0.05, 0) is 64.9 Å². The molecule has 46 heavy (non-hydrogen) atoms. The van der Waals surface area contributed by atoms with Crippen LogP contribution in [0.25, 0.3) is 11.1 Å². The summed E-state index contributed by atoms with van der Waals surface area (Å²) < 4.78 is 1.48. The summed E-state index contributed by atoms with van der Waals surface area (Å²) in [6.45, 7) is 1.61. The maximum Gasteiger partial charge on any atom is 0.270 e. The lowest BCUT2D eigenvalue weighted by Gasteiger charge is -2.28. The molecule has 9 nitrogen and oxygen atoms in total. The molecular weight excluding hydrogens is 576 g/mol. The number of pyridine rings is 1. The largest absolute Gasteiger partial charge is 0.342 e. The van der Waals surface area contributed by atoms with Crippen molar-refractivity contribution < 1.29 is 14.4 Å². The molecule has 0 saturated carbocycles. The minimum absolute atomic E-state index is 0.112. The molecule has 3 aromatic carbocycles. The lowest BCUT2D eigenvalue weighted by atomic mass is 9.84. The number of benzene rings is 3. The summed E-state index contributed by atoms with van der Waals surface area (Å²) in [5, 5.41) is 10.2. The van der Waals surface area contributed by atoms with Crippen LogP contribution in [0, 0.1) is 0 Å². The minimum Gasteiger partial charge on any atom is -0.342 e. The summed E-state index contributed by atoms with van der Waals surface area (Å²) in [5.41, 5.74) is 5.41. The topological polar surface area (TPSA) is 109 Å². The molecule has 1 aliphatic heterocycles. The van der Waals surface area contributed by atoms with E-state index in [1.54, 1.807) is 31.7 Å². The fourth-order valence-electron chi connectivity index (χ4n) is 6.05. The van der Waals surface area contributed by atoms with Crippen molar-refractivity contribution in [3.63, 3.8) is 0 Å². The van der Waals surface area contributed by atoms with Crippen LogP contribution in [-0.4, -0.2) is 56.5 Å². The molecule has 0 bridgehead atoms. The zero-order chi connectivity index (χ0) is 31.9.